The molecule has 0 unspecified atom stereocenters. The van der Waals surface area contributed by atoms with Gasteiger partial charge in [-0.2, -0.15) is 0 Å². The molecule has 0 amide bonds. The summed E-state index contributed by atoms with van der Waals surface area (Å²) in [4.78, 5) is 11.8. The topological polar surface area (TPSA) is 55.1 Å². The molecule has 1 aromatic rings. The molecule has 0 aromatic heterocycles. The van der Waals surface area contributed by atoms with Gasteiger partial charge in [0.2, 0.25) is 0 Å². The van der Waals surface area contributed by atoms with E-state index in [1.165, 1.54) is 32.1 Å². The van der Waals surface area contributed by atoms with Crippen LogP contribution < -0.4 is 10.5 Å². The number of hydrogen-bond donors (Lipinski definition) is 2. The largest absolute Gasteiger partial charge is 0.330 e. The zero-order valence-corrected chi connectivity index (χ0v) is 12.0. The Kier molecular flexibility index (Phi) is 5.73. The Balaban J connectivity index is 1.89. The third kappa shape index (κ3) is 4.55. The molecule has 0 radical (unpaired) electrons. The Morgan fingerprint density at radius 2 is 2.11 bits per heavy atom. The number of anilines is 1. The standard InChI is InChI=1S/C15H22N2OS/c16-10-9-15(18)12-5-4-6-13(11-12)17-19-14-7-2-1-3-8-14/h4-6,11,14,17H,1-3,7-10,16H2. The van der Waals surface area contributed by atoms with Crippen molar-refractivity contribution in [1.29, 1.82) is 0 Å². The number of benzene rings is 1. The third-order valence-corrected chi connectivity index (χ3v) is 4.61. The first-order valence-corrected chi connectivity index (χ1v) is 7.92. The van der Waals surface area contributed by atoms with Crippen LogP contribution in [0.5, 0.6) is 0 Å². The maximum atomic E-state index is 11.8. The summed E-state index contributed by atoms with van der Waals surface area (Å²) in [6.45, 7) is 0.410. The quantitative estimate of drug-likeness (QED) is 0.616. The molecule has 3 N–H and O–H groups in total. The molecule has 2 rings (SSSR count). The molecule has 1 aromatic carbocycles. The summed E-state index contributed by atoms with van der Waals surface area (Å²) < 4.78 is 3.38. The average molecular weight is 278 g/mol. The molecule has 4 heteroatoms. The Bertz CT molecular complexity index is 416. The normalized spacial score (nSPS) is 16.3. The molecule has 0 bridgehead atoms. The maximum Gasteiger partial charge on any atom is 0.164 e. The average Bonchev–Trinajstić information content (AvgIpc) is 2.47. The molecule has 19 heavy (non-hydrogen) atoms. The zero-order valence-electron chi connectivity index (χ0n) is 11.2. The van der Waals surface area contributed by atoms with Gasteiger partial charge in [0.1, 0.15) is 0 Å². The molecule has 0 heterocycles. The molecule has 104 valence electrons. The second kappa shape index (κ2) is 7.56. The molecule has 0 saturated heterocycles. The van der Waals surface area contributed by atoms with Crippen molar-refractivity contribution in [3.05, 3.63) is 29.8 Å². The van der Waals surface area contributed by atoms with Gasteiger partial charge < -0.3 is 10.5 Å². The number of carbonyl (C=O) groups excluding carboxylic acids is 1. The highest BCUT2D eigenvalue weighted by Crippen LogP contribution is 2.29. The number of rotatable bonds is 6. The minimum atomic E-state index is 0.119. The lowest BCUT2D eigenvalue weighted by Gasteiger charge is -2.21. The van der Waals surface area contributed by atoms with Crippen molar-refractivity contribution in [1.82, 2.24) is 0 Å². The van der Waals surface area contributed by atoms with Gasteiger partial charge in [0.25, 0.3) is 0 Å². The van der Waals surface area contributed by atoms with E-state index in [1.807, 2.05) is 24.3 Å². The van der Waals surface area contributed by atoms with Crippen LogP contribution in [0, 0.1) is 0 Å². The second-order valence-corrected chi connectivity index (χ2v) is 6.13. The predicted molar refractivity (Wildman–Crippen MR) is 82.5 cm³/mol. The van der Waals surface area contributed by atoms with E-state index in [2.05, 4.69) is 4.72 Å². The number of ketones is 1. The van der Waals surface area contributed by atoms with Crippen LogP contribution >= 0.6 is 11.9 Å². The van der Waals surface area contributed by atoms with E-state index in [1.54, 1.807) is 11.9 Å². The highest BCUT2D eigenvalue weighted by molar-refractivity contribution is 8.01. The Morgan fingerprint density at radius 3 is 2.84 bits per heavy atom. The molecular weight excluding hydrogens is 256 g/mol. The molecule has 0 atom stereocenters. The van der Waals surface area contributed by atoms with E-state index in [0.717, 1.165) is 11.3 Å². The molecule has 0 spiro atoms. The third-order valence-electron chi connectivity index (χ3n) is 3.45. The first-order chi connectivity index (χ1) is 9.29. The van der Waals surface area contributed by atoms with Crippen LogP contribution in [0.15, 0.2) is 24.3 Å². The van der Waals surface area contributed by atoms with E-state index in [-0.39, 0.29) is 5.78 Å². The number of hydrogen-bond acceptors (Lipinski definition) is 4. The first-order valence-electron chi connectivity index (χ1n) is 7.04. The summed E-state index contributed by atoms with van der Waals surface area (Å²) in [5.74, 6) is 0.119. The fourth-order valence-electron chi connectivity index (χ4n) is 2.37. The summed E-state index contributed by atoms with van der Waals surface area (Å²) >= 11 is 1.80. The van der Waals surface area contributed by atoms with Gasteiger partial charge in [0.05, 0.1) is 0 Å². The van der Waals surface area contributed by atoms with E-state index >= 15 is 0 Å². The van der Waals surface area contributed by atoms with E-state index in [0.29, 0.717) is 18.2 Å². The Labute approximate surface area is 119 Å². The number of carbonyl (C=O) groups is 1. The van der Waals surface area contributed by atoms with Gasteiger partial charge in [-0.05, 0) is 43.5 Å². The monoisotopic (exact) mass is 278 g/mol. The molecule has 1 saturated carbocycles. The van der Waals surface area contributed by atoms with Crippen LogP contribution in [0.25, 0.3) is 0 Å². The van der Waals surface area contributed by atoms with Crippen molar-refractivity contribution in [3.63, 3.8) is 0 Å². The van der Waals surface area contributed by atoms with Crippen molar-refractivity contribution < 1.29 is 4.79 Å². The summed E-state index contributed by atoms with van der Waals surface area (Å²) in [6.07, 6.45) is 7.06. The van der Waals surface area contributed by atoms with E-state index in [4.69, 9.17) is 5.73 Å². The van der Waals surface area contributed by atoms with Crippen LogP contribution in [0.4, 0.5) is 5.69 Å². The zero-order chi connectivity index (χ0) is 13.5. The number of Topliss-reactive ketones (excluding diaryl/α,β-unsaturated/α-hetero) is 1. The first kappa shape index (κ1) is 14.4. The van der Waals surface area contributed by atoms with Crippen molar-refractivity contribution in [2.45, 2.75) is 43.8 Å². The highest BCUT2D eigenvalue weighted by Gasteiger charge is 2.14. The van der Waals surface area contributed by atoms with E-state index in [9.17, 15) is 4.79 Å². The second-order valence-electron chi connectivity index (χ2n) is 5.02. The minimum Gasteiger partial charge on any atom is -0.330 e. The molecule has 1 aliphatic rings. The highest BCUT2D eigenvalue weighted by atomic mass is 32.2. The van der Waals surface area contributed by atoms with Crippen LogP contribution in [-0.2, 0) is 0 Å². The van der Waals surface area contributed by atoms with Crippen molar-refractivity contribution in [2.75, 3.05) is 11.3 Å². The van der Waals surface area contributed by atoms with Gasteiger partial charge in [-0.25, -0.2) is 0 Å². The maximum absolute atomic E-state index is 11.8. The molecular formula is C15H22N2OS. The van der Waals surface area contributed by atoms with Gasteiger partial charge in [-0.1, -0.05) is 31.4 Å². The fourth-order valence-corrected chi connectivity index (χ4v) is 3.36. The molecule has 1 fully saturated rings. The fraction of sp³-hybridized carbons (Fsp3) is 0.533. The molecule has 0 aliphatic heterocycles. The SMILES string of the molecule is NCCC(=O)c1cccc(NSC2CCCCC2)c1. The van der Waals surface area contributed by atoms with Gasteiger partial charge in [0, 0.05) is 22.9 Å². The van der Waals surface area contributed by atoms with Crippen LogP contribution in [-0.4, -0.2) is 17.6 Å². The van der Waals surface area contributed by atoms with E-state index < -0.39 is 0 Å². The smallest absolute Gasteiger partial charge is 0.164 e. The van der Waals surface area contributed by atoms with Crippen molar-refractivity contribution >= 4 is 23.4 Å². The molecule has 3 nitrogen and oxygen atoms in total. The lowest BCUT2D eigenvalue weighted by atomic mass is 10.0. The van der Waals surface area contributed by atoms with Gasteiger partial charge in [-0.3, -0.25) is 4.79 Å². The number of nitrogens with two attached hydrogens (primary N) is 1. The van der Waals surface area contributed by atoms with Gasteiger partial charge >= 0.3 is 0 Å². The summed E-state index contributed by atoms with van der Waals surface area (Å²) in [5.41, 5.74) is 7.18. The van der Waals surface area contributed by atoms with Crippen molar-refractivity contribution in [2.24, 2.45) is 5.73 Å². The van der Waals surface area contributed by atoms with Crippen LogP contribution in [0.3, 0.4) is 0 Å². The summed E-state index contributed by atoms with van der Waals surface area (Å²) in [7, 11) is 0. The summed E-state index contributed by atoms with van der Waals surface area (Å²) in [6, 6.07) is 7.71. The Morgan fingerprint density at radius 1 is 1.32 bits per heavy atom. The number of nitrogens with one attached hydrogen (secondary N) is 1. The molecule has 1 aliphatic carbocycles. The van der Waals surface area contributed by atoms with Crippen LogP contribution in [0.1, 0.15) is 48.9 Å². The van der Waals surface area contributed by atoms with Gasteiger partial charge in [0.15, 0.2) is 5.78 Å². The van der Waals surface area contributed by atoms with Gasteiger partial charge in [-0.15, -0.1) is 0 Å². The summed E-state index contributed by atoms with van der Waals surface area (Å²) in [5, 5.41) is 0.706. The predicted octanol–water partition coefficient (Wildman–Crippen LogP) is 3.61. The Hall–Kier alpha value is -1.00. The lowest BCUT2D eigenvalue weighted by Crippen LogP contribution is -2.11. The van der Waals surface area contributed by atoms with Crippen LogP contribution in [0.2, 0.25) is 0 Å². The van der Waals surface area contributed by atoms with Crippen molar-refractivity contribution in [3.8, 4) is 0 Å². The minimum absolute atomic E-state index is 0.119. The lowest BCUT2D eigenvalue weighted by molar-refractivity contribution is 0.0985.